The van der Waals surface area contributed by atoms with Crippen LogP contribution in [0, 0.1) is 0 Å². The van der Waals surface area contributed by atoms with Crippen LogP contribution >= 0.6 is 11.3 Å². The first-order chi connectivity index (χ1) is 5.86. The fourth-order valence-electron chi connectivity index (χ4n) is 0.976. The fourth-order valence-corrected chi connectivity index (χ4v) is 1.71. The van der Waals surface area contributed by atoms with Crippen LogP contribution in [0.15, 0.2) is 39.9 Å². The van der Waals surface area contributed by atoms with Gasteiger partial charge in [0.25, 0.3) is 5.91 Å². The molecule has 4 heteroatoms. The molecule has 1 amide bonds. The molecule has 0 fully saturated rings. The summed E-state index contributed by atoms with van der Waals surface area (Å²) in [6, 6.07) is 3.89. The Bertz CT molecular complexity index is 324. The average Bonchev–Trinajstić information content (AvgIpc) is 2.58. The summed E-state index contributed by atoms with van der Waals surface area (Å²) in [4.78, 5) is 11.7. The maximum absolute atomic E-state index is 10.6. The molecule has 2 rings (SSSR count). The van der Waals surface area contributed by atoms with Crippen molar-refractivity contribution in [1.29, 1.82) is 0 Å². The third-order valence-electron chi connectivity index (χ3n) is 1.54. The van der Waals surface area contributed by atoms with E-state index in [9.17, 15) is 4.79 Å². The van der Waals surface area contributed by atoms with Crippen LogP contribution in [0.25, 0.3) is 0 Å². The predicted molar refractivity (Wildman–Crippen MR) is 46.1 cm³/mol. The minimum atomic E-state index is -0.275. The summed E-state index contributed by atoms with van der Waals surface area (Å²) in [5.41, 5.74) is 0. The molecule has 0 saturated carbocycles. The van der Waals surface area contributed by atoms with Gasteiger partial charge in [-0.05, 0) is 17.5 Å². The van der Waals surface area contributed by atoms with Crippen LogP contribution in [-0.4, -0.2) is 5.91 Å². The zero-order valence-corrected chi connectivity index (χ0v) is 6.99. The Morgan fingerprint density at radius 2 is 2.42 bits per heavy atom. The smallest absolute Gasteiger partial charge is 0.266 e. The lowest BCUT2D eigenvalue weighted by molar-refractivity contribution is -0.114. The average molecular weight is 178 g/mol. The SMILES string of the molecule is O=C1C=CC(c2cccs2)N=N1. The van der Waals surface area contributed by atoms with Gasteiger partial charge in [-0.2, -0.15) is 5.11 Å². The summed E-state index contributed by atoms with van der Waals surface area (Å²) in [5, 5.41) is 9.31. The molecule has 0 spiro atoms. The van der Waals surface area contributed by atoms with Crippen molar-refractivity contribution >= 4 is 17.2 Å². The van der Waals surface area contributed by atoms with Gasteiger partial charge in [0.15, 0.2) is 0 Å². The van der Waals surface area contributed by atoms with Gasteiger partial charge >= 0.3 is 0 Å². The van der Waals surface area contributed by atoms with Gasteiger partial charge in [0.2, 0.25) is 0 Å². The lowest BCUT2D eigenvalue weighted by atomic mass is 10.2. The molecule has 2 heterocycles. The highest BCUT2D eigenvalue weighted by atomic mass is 32.1. The van der Waals surface area contributed by atoms with Gasteiger partial charge in [-0.25, -0.2) is 0 Å². The van der Waals surface area contributed by atoms with Crippen LogP contribution in [0.3, 0.4) is 0 Å². The quantitative estimate of drug-likeness (QED) is 0.650. The first kappa shape index (κ1) is 7.36. The molecule has 60 valence electrons. The molecular formula is C8H6N2OS. The molecule has 0 aromatic carbocycles. The molecule has 1 aliphatic heterocycles. The molecular weight excluding hydrogens is 172 g/mol. The Kier molecular flexibility index (Phi) is 1.83. The number of thiophene rings is 1. The largest absolute Gasteiger partial charge is 0.287 e. The normalized spacial score (nSPS) is 21.7. The van der Waals surface area contributed by atoms with Crippen molar-refractivity contribution in [3.63, 3.8) is 0 Å². The highest BCUT2D eigenvalue weighted by molar-refractivity contribution is 7.10. The van der Waals surface area contributed by atoms with E-state index in [1.807, 2.05) is 17.5 Å². The Hall–Kier alpha value is -1.29. The number of rotatable bonds is 1. The number of amides is 1. The fraction of sp³-hybridized carbons (Fsp3) is 0.125. The second-order valence-corrected chi connectivity index (χ2v) is 3.35. The van der Waals surface area contributed by atoms with Crippen LogP contribution < -0.4 is 0 Å². The minimum absolute atomic E-state index is 0.0531. The van der Waals surface area contributed by atoms with Gasteiger partial charge in [0.05, 0.1) is 0 Å². The Morgan fingerprint density at radius 3 is 3.00 bits per heavy atom. The summed E-state index contributed by atoms with van der Waals surface area (Å²) >= 11 is 1.61. The summed E-state index contributed by atoms with van der Waals surface area (Å²) < 4.78 is 0. The van der Waals surface area contributed by atoms with E-state index < -0.39 is 0 Å². The second-order valence-electron chi connectivity index (χ2n) is 2.37. The van der Waals surface area contributed by atoms with E-state index in [0.717, 1.165) is 4.88 Å². The first-order valence-corrected chi connectivity index (χ1v) is 4.40. The van der Waals surface area contributed by atoms with Gasteiger partial charge in [0, 0.05) is 11.0 Å². The van der Waals surface area contributed by atoms with Crippen molar-refractivity contribution in [2.24, 2.45) is 10.2 Å². The number of nitrogens with zero attached hydrogens (tertiary/aromatic N) is 2. The Balaban J connectivity index is 2.23. The maximum Gasteiger partial charge on any atom is 0.287 e. The predicted octanol–water partition coefficient (Wildman–Crippen LogP) is 2.34. The Labute approximate surface area is 73.4 Å². The first-order valence-electron chi connectivity index (χ1n) is 3.53. The van der Waals surface area contributed by atoms with E-state index in [1.165, 1.54) is 6.08 Å². The number of carbonyl (C=O) groups excluding carboxylic acids is 1. The van der Waals surface area contributed by atoms with Crippen LogP contribution in [0.2, 0.25) is 0 Å². The van der Waals surface area contributed by atoms with Crippen LogP contribution in [-0.2, 0) is 4.79 Å². The molecule has 1 aromatic rings. The molecule has 0 bridgehead atoms. The molecule has 1 aliphatic rings. The van der Waals surface area contributed by atoms with Gasteiger partial charge in [-0.15, -0.1) is 16.5 Å². The van der Waals surface area contributed by atoms with Gasteiger partial charge in [0.1, 0.15) is 6.04 Å². The van der Waals surface area contributed by atoms with E-state index in [2.05, 4.69) is 10.2 Å². The third-order valence-corrected chi connectivity index (χ3v) is 2.48. The van der Waals surface area contributed by atoms with E-state index in [0.29, 0.717) is 0 Å². The number of hydrogen-bond donors (Lipinski definition) is 0. The van der Waals surface area contributed by atoms with E-state index in [1.54, 1.807) is 17.4 Å². The molecule has 3 nitrogen and oxygen atoms in total. The molecule has 1 atom stereocenters. The molecule has 0 saturated heterocycles. The lowest BCUT2D eigenvalue weighted by Crippen LogP contribution is -1.96. The van der Waals surface area contributed by atoms with Crippen molar-refractivity contribution in [2.75, 3.05) is 0 Å². The van der Waals surface area contributed by atoms with Gasteiger partial charge in [-0.3, -0.25) is 4.79 Å². The number of carbonyl (C=O) groups is 1. The van der Waals surface area contributed by atoms with Gasteiger partial charge < -0.3 is 0 Å². The van der Waals surface area contributed by atoms with Crippen LogP contribution in [0.1, 0.15) is 10.9 Å². The topological polar surface area (TPSA) is 41.8 Å². The van der Waals surface area contributed by atoms with Crippen LogP contribution in [0.4, 0.5) is 0 Å². The highest BCUT2D eigenvalue weighted by Crippen LogP contribution is 2.25. The molecule has 0 aliphatic carbocycles. The second kappa shape index (κ2) is 2.98. The summed E-state index contributed by atoms with van der Waals surface area (Å²) in [5.74, 6) is -0.275. The van der Waals surface area contributed by atoms with Crippen molar-refractivity contribution in [3.05, 3.63) is 34.5 Å². The summed E-state index contributed by atoms with van der Waals surface area (Å²) in [6.45, 7) is 0. The van der Waals surface area contributed by atoms with Crippen LogP contribution in [0.5, 0.6) is 0 Å². The van der Waals surface area contributed by atoms with E-state index in [4.69, 9.17) is 0 Å². The minimum Gasteiger partial charge on any atom is -0.266 e. The zero-order chi connectivity index (χ0) is 8.39. The number of hydrogen-bond acceptors (Lipinski definition) is 3. The molecule has 1 aromatic heterocycles. The van der Waals surface area contributed by atoms with Crippen molar-refractivity contribution < 1.29 is 4.79 Å². The third kappa shape index (κ3) is 1.33. The van der Waals surface area contributed by atoms with Crippen molar-refractivity contribution in [1.82, 2.24) is 0 Å². The number of azo groups is 1. The maximum atomic E-state index is 10.6. The lowest BCUT2D eigenvalue weighted by Gasteiger charge is -2.04. The summed E-state index contributed by atoms with van der Waals surface area (Å²) in [6.07, 6.45) is 3.22. The highest BCUT2D eigenvalue weighted by Gasteiger charge is 2.11. The molecule has 1 unspecified atom stereocenters. The van der Waals surface area contributed by atoms with E-state index >= 15 is 0 Å². The standard InChI is InChI=1S/C8H6N2OS/c11-8-4-3-6(9-10-8)7-2-1-5-12-7/h1-6H. The summed E-state index contributed by atoms with van der Waals surface area (Å²) in [7, 11) is 0. The molecule has 12 heavy (non-hydrogen) atoms. The Morgan fingerprint density at radius 1 is 1.50 bits per heavy atom. The van der Waals surface area contributed by atoms with Crippen molar-refractivity contribution in [3.8, 4) is 0 Å². The van der Waals surface area contributed by atoms with Crippen molar-refractivity contribution in [2.45, 2.75) is 6.04 Å². The van der Waals surface area contributed by atoms with Gasteiger partial charge in [-0.1, -0.05) is 6.07 Å². The monoisotopic (exact) mass is 178 g/mol. The van der Waals surface area contributed by atoms with E-state index in [-0.39, 0.29) is 11.9 Å². The molecule has 0 N–H and O–H groups in total. The zero-order valence-electron chi connectivity index (χ0n) is 6.18. The molecule has 0 radical (unpaired) electrons.